The summed E-state index contributed by atoms with van der Waals surface area (Å²) in [6.45, 7) is 3.38. The molecule has 1 amide bonds. The predicted molar refractivity (Wildman–Crippen MR) is 95.8 cm³/mol. The van der Waals surface area contributed by atoms with Crippen LogP contribution in [0.15, 0.2) is 35.3 Å². The summed E-state index contributed by atoms with van der Waals surface area (Å²) in [4.78, 5) is 17.4. The molecule has 25 heavy (non-hydrogen) atoms. The Labute approximate surface area is 148 Å². The van der Waals surface area contributed by atoms with Crippen molar-refractivity contribution in [3.8, 4) is 0 Å². The molecule has 1 aromatic rings. The summed E-state index contributed by atoms with van der Waals surface area (Å²) < 4.78 is 27.0. The molecule has 136 valence electrons. The smallest absolute Gasteiger partial charge is 0.283 e. The number of rotatable bonds is 3. The highest BCUT2D eigenvalue weighted by molar-refractivity contribution is 7.91. The van der Waals surface area contributed by atoms with Crippen LogP contribution in [-0.2, 0) is 14.8 Å². The third-order valence-corrected chi connectivity index (χ3v) is 7.03. The van der Waals surface area contributed by atoms with E-state index >= 15 is 0 Å². The number of aliphatic imine (C=N–C) groups is 1. The summed E-state index contributed by atoms with van der Waals surface area (Å²) in [7, 11) is -3.84. The van der Waals surface area contributed by atoms with E-state index in [1.807, 2.05) is 6.07 Å². The maximum atomic E-state index is 13.0. The van der Waals surface area contributed by atoms with Gasteiger partial charge in [0.2, 0.25) is 0 Å². The monoisotopic (exact) mass is 364 g/mol. The van der Waals surface area contributed by atoms with Gasteiger partial charge in [0.1, 0.15) is 5.71 Å². The third kappa shape index (κ3) is 3.35. The van der Waals surface area contributed by atoms with Crippen molar-refractivity contribution in [2.45, 2.75) is 63.0 Å². The molecule has 1 atom stereocenters. The molecule has 0 radical (unpaired) electrons. The Morgan fingerprint density at radius 3 is 2.28 bits per heavy atom. The van der Waals surface area contributed by atoms with E-state index in [1.165, 1.54) is 0 Å². The van der Waals surface area contributed by atoms with Gasteiger partial charge < -0.3 is 5.11 Å². The van der Waals surface area contributed by atoms with Crippen molar-refractivity contribution in [3.05, 3.63) is 35.9 Å². The first-order chi connectivity index (χ1) is 11.8. The van der Waals surface area contributed by atoms with E-state index < -0.39 is 27.2 Å². The van der Waals surface area contributed by atoms with Crippen LogP contribution in [0.2, 0.25) is 0 Å². The van der Waals surface area contributed by atoms with Gasteiger partial charge in [-0.15, -0.1) is 0 Å². The Kier molecular flexibility index (Phi) is 4.97. The fraction of sp³-hybridized carbons (Fsp3) is 0.556. The minimum absolute atomic E-state index is 0.112. The van der Waals surface area contributed by atoms with Gasteiger partial charge in [-0.1, -0.05) is 30.3 Å². The van der Waals surface area contributed by atoms with Crippen molar-refractivity contribution in [1.29, 1.82) is 0 Å². The summed E-state index contributed by atoms with van der Waals surface area (Å²) in [5.41, 5.74) is 0.676. The molecule has 1 aliphatic heterocycles. The van der Waals surface area contributed by atoms with Gasteiger partial charge in [0.05, 0.1) is 12.1 Å². The van der Waals surface area contributed by atoms with Gasteiger partial charge in [0.15, 0.2) is 5.25 Å². The highest BCUT2D eigenvalue weighted by atomic mass is 32.2. The van der Waals surface area contributed by atoms with E-state index in [-0.39, 0.29) is 17.9 Å². The Hall–Kier alpha value is -1.73. The second-order valence-electron chi connectivity index (χ2n) is 7.01. The second kappa shape index (κ2) is 6.88. The van der Waals surface area contributed by atoms with Gasteiger partial charge in [0, 0.05) is 6.04 Å². The number of sulfonamides is 1. The third-order valence-electron chi connectivity index (χ3n) is 4.80. The van der Waals surface area contributed by atoms with Crippen molar-refractivity contribution in [1.82, 2.24) is 4.31 Å². The van der Waals surface area contributed by atoms with E-state index in [0.29, 0.717) is 31.2 Å². The zero-order valence-electron chi connectivity index (χ0n) is 14.5. The SMILES string of the molecule is CC(C)N1C(=O)C(=NC2CCC(O)CC2)C(c2ccccc2)S1(=O)=O. The van der Waals surface area contributed by atoms with Gasteiger partial charge in [-0.2, -0.15) is 0 Å². The van der Waals surface area contributed by atoms with E-state index in [0.717, 1.165) is 4.31 Å². The van der Waals surface area contributed by atoms with Gasteiger partial charge in [-0.25, -0.2) is 12.7 Å². The maximum Gasteiger partial charge on any atom is 0.283 e. The van der Waals surface area contributed by atoms with Crippen molar-refractivity contribution in [3.63, 3.8) is 0 Å². The van der Waals surface area contributed by atoms with Crippen LogP contribution in [0.3, 0.4) is 0 Å². The fourth-order valence-corrected chi connectivity index (χ4v) is 5.67. The molecule has 2 fully saturated rings. The zero-order valence-corrected chi connectivity index (χ0v) is 15.3. The number of carbonyl (C=O) groups excluding carboxylic acids is 1. The molecule has 1 aromatic carbocycles. The summed E-state index contributed by atoms with van der Waals surface area (Å²) in [5.74, 6) is -0.519. The minimum atomic E-state index is -3.84. The number of aliphatic hydroxyl groups excluding tert-OH is 1. The molecule has 0 spiro atoms. The summed E-state index contributed by atoms with van der Waals surface area (Å²) in [6.07, 6.45) is 2.28. The van der Waals surface area contributed by atoms with Crippen LogP contribution in [0, 0.1) is 0 Å². The number of aliphatic hydroxyl groups is 1. The summed E-state index contributed by atoms with van der Waals surface area (Å²) >= 11 is 0. The van der Waals surface area contributed by atoms with Gasteiger partial charge in [-0.3, -0.25) is 9.79 Å². The van der Waals surface area contributed by atoms with E-state index in [2.05, 4.69) is 4.99 Å². The van der Waals surface area contributed by atoms with E-state index in [1.54, 1.807) is 38.1 Å². The molecule has 7 heteroatoms. The van der Waals surface area contributed by atoms with Gasteiger partial charge >= 0.3 is 0 Å². The highest BCUT2D eigenvalue weighted by Gasteiger charge is 2.52. The van der Waals surface area contributed by atoms with Crippen LogP contribution in [0.25, 0.3) is 0 Å². The Morgan fingerprint density at radius 1 is 1.12 bits per heavy atom. The lowest BCUT2D eigenvalue weighted by molar-refractivity contribution is -0.120. The highest BCUT2D eigenvalue weighted by Crippen LogP contribution is 2.37. The van der Waals surface area contributed by atoms with E-state index in [9.17, 15) is 18.3 Å². The molecular weight excluding hydrogens is 340 g/mol. The molecule has 1 saturated heterocycles. The number of hydrogen-bond acceptors (Lipinski definition) is 5. The zero-order chi connectivity index (χ0) is 18.2. The average Bonchev–Trinajstić information content (AvgIpc) is 2.76. The first-order valence-electron chi connectivity index (χ1n) is 8.70. The van der Waals surface area contributed by atoms with Crippen LogP contribution in [-0.4, -0.2) is 47.6 Å². The van der Waals surface area contributed by atoms with E-state index in [4.69, 9.17) is 0 Å². The lowest BCUT2D eigenvalue weighted by atomic mass is 9.93. The van der Waals surface area contributed by atoms with Crippen LogP contribution in [0.5, 0.6) is 0 Å². The molecule has 1 heterocycles. The topological polar surface area (TPSA) is 87.0 Å². The molecule has 1 N–H and O–H groups in total. The summed E-state index contributed by atoms with van der Waals surface area (Å²) in [5, 5.41) is 8.60. The molecular formula is C18H24N2O4S. The Bertz CT molecular complexity index is 766. The minimum Gasteiger partial charge on any atom is -0.393 e. The Balaban J connectivity index is 2.05. The van der Waals surface area contributed by atoms with Gasteiger partial charge in [0.25, 0.3) is 15.9 Å². The first kappa shape index (κ1) is 18.1. The normalized spacial score (nSPS) is 31.0. The molecule has 6 nitrogen and oxygen atoms in total. The van der Waals surface area contributed by atoms with Crippen LogP contribution < -0.4 is 0 Å². The first-order valence-corrected chi connectivity index (χ1v) is 10.2. The van der Waals surface area contributed by atoms with Crippen molar-refractivity contribution >= 4 is 21.6 Å². The number of carbonyl (C=O) groups is 1. The molecule has 1 aliphatic carbocycles. The molecule has 3 rings (SSSR count). The van der Waals surface area contributed by atoms with Crippen LogP contribution >= 0.6 is 0 Å². The van der Waals surface area contributed by atoms with Crippen LogP contribution in [0.4, 0.5) is 0 Å². The molecule has 0 bridgehead atoms. The van der Waals surface area contributed by atoms with Gasteiger partial charge in [-0.05, 0) is 45.1 Å². The maximum absolute atomic E-state index is 13.0. The standard InChI is InChI=1S/C18H24N2O4S/c1-12(2)20-18(22)16(19-14-8-10-15(21)11-9-14)17(25(20,23)24)13-6-4-3-5-7-13/h3-7,12,14-15,17,21H,8-11H2,1-2H3. The quantitative estimate of drug-likeness (QED) is 0.889. The summed E-state index contributed by atoms with van der Waals surface area (Å²) in [6, 6.07) is 8.22. The molecule has 1 saturated carbocycles. The number of hydrogen-bond donors (Lipinski definition) is 1. The largest absolute Gasteiger partial charge is 0.393 e. The molecule has 0 aromatic heterocycles. The number of benzene rings is 1. The van der Waals surface area contributed by atoms with Crippen molar-refractivity contribution in [2.24, 2.45) is 4.99 Å². The number of nitrogens with zero attached hydrogens (tertiary/aromatic N) is 2. The average molecular weight is 364 g/mol. The predicted octanol–water partition coefficient (Wildman–Crippen LogP) is 2.05. The second-order valence-corrected chi connectivity index (χ2v) is 8.90. The number of amides is 1. The lowest BCUT2D eigenvalue weighted by Crippen LogP contribution is -2.37. The van der Waals surface area contributed by atoms with Crippen molar-refractivity contribution in [2.75, 3.05) is 0 Å². The van der Waals surface area contributed by atoms with Crippen molar-refractivity contribution < 1.29 is 18.3 Å². The molecule has 2 aliphatic rings. The Morgan fingerprint density at radius 2 is 1.72 bits per heavy atom. The lowest BCUT2D eigenvalue weighted by Gasteiger charge is -2.23. The van der Waals surface area contributed by atoms with Crippen LogP contribution in [0.1, 0.15) is 50.3 Å². The molecule has 1 unspecified atom stereocenters. The fourth-order valence-electron chi connectivity index (χ4n) is 3.59.